The fraction of sp³-hybridized carbons (Fsp3) is 0.471. The number of ether oxygens (including phenoxy) is 1. The zero-order valence-corrected chi connectivity index (χ0v) is 12.9. The highest BCUT2D eigenvalue weighted by Crippen LogP contribution is 2.33. The molecule has 0 saturated heterocycles. The van der Waals surface area contributed by atoms with Gasteiger partial charge in [0.1, 0.15) is 5.75 Å². The number of aromatic nitrogens is 2. The Bertz CT molecular complexity index is 663. The number of rotatable bonds is 3. The van der Waals surface area contributed by atoms with Crippen LogP contribution in [-0.2, 0) is 26.3 Å². The molecule has 1 atom stereocenters. The van der Waals surface area contributed by atoms with Crippen LogP contribution in [-0.4, -0.2) is 27.6 Å². The smallest absolute Gasteiger partial charge is 0.119 e. The monoisotopic (exact) mass is 286 g/mol. The lowest BCUT2D eigenvalue weighted by Crippen LogP contribution is -2.38. The molecule has 1 unspecified atom stereocenters. The first-order chi connectivity index (χ1) is 9.99. The molecule has 21 heavy (non-hydrogen) atoms. The Morgan fingerprint density at radius 1 is 1.33 bits per heavy atom. The van der Waals surface area contributed by atoms with Gasteiger partial charge in [-0.05, 0) is 49.1 Å². The van der Waals surface area contributed by atoms with Gasteiger partial charge in [0, 0.05) is 25.6 Å². The first-order valence-electron chi connectivity index (χ1n) is 7.37. The molecule has 0 amide bonds. The maximum Gasteiger partial charge on any atom is 0.119 e. The number of methoxy groups -OCH3 is 1. The zero-order chi connectivity index (χ0) is 15.0. The summed E-state index contributed by atoms with van der Waals surface area (Å²) in [6.45, 7) is 1.98. The number of hydrogen-bond donors (Lipinski definition) is 1. The molecule has 1 aromatic carbocycles. The van der Waals surface area contributed by atoms with Crippen molar-refractivity contribution in [3.63, 3.8) is 0 Å². The number of aliphatic hydroxyl groups is 1. The summed E-state index contributed by atoms with van der Waals surface area (Å²) in [4.78, 5) is 0. The molecule has 0 saturated carbocycles. The van der Waals surface area contributed by atoms with Crippen LogP contribution in [0.3, 0.4) is 0 Å². The predicted molar refractivity (Wildman–Crippen MR) is 81.6 cm³/mol. The lowest BCUT2D eigenvalue weighted by atomic mass is 9.78. The quantitative estimate of drug-likeness (QED) is 0.941. The van der Waals surface area contributed by atoms with Crippen LogP contribution < -0.4 is 4.74 Å². The normalized spacial score (nSPS) is 21.1. The Kier molecular flexibility index (Phi) is 3.49. The number of benzene rings is 1. The second-order valence-electron chi connectivity index (χ2n) is 6.11. The SMILES string of the molecule is COc1ccc2c(c1)CC(O)(Cc1cc(C)nn1C)CC2. The average molecular weight is 286 g/mol. The van der Waals surface area contributed by atoms with Crippen molar-refractivity contribution in [2.75, 3.05) is 7.11 Å². The maximum absolute atomic E-state index is 11.0. The van der Waals surface area contributed by atoms with Gasteiger partial charge < -0.3 is 9.84 Å². The van der Waals surface area contributed by atoms with Crippen molar-refractivity contribution in [3.8, 4) is 5.75 Å². The van der Waals surface area contributed by atoms with Crippen LogP contribution in [0.2, 0.25) is 0 Å². The van der Waals surface area contributed by atoms with Crippen molar-refractivity contribution in [1.29, 1.82) is 0 Å². The van der Waals surface area contributed by atoms with Crippen LogP contribution in [0.4, 0.5) is 0 Å². The first kappa shape index (κ1) is 14.1. The van der Waals surface area contributed by atoms with E-state index in [9.17, 15) is 5.11 Å². The second-order valence-corrected chi connectivity index (χ2v) is 6.11. The van der Waals surface area contributed by atoms with Crippen molar-refractivity contribution < 1.29 is 9.84 Å². The van der Waals surface area contributed by atoms with Crippen LogP contribution in [0, 0.1) is 6.92 Å². The Morgan fingerprint density at radius 3 is 2.81 bits per heavy atom. The van der Waals surface area contributed by atoms with E-state index in [0.29, 0.717) is 12.8 Å². The topological polar surface area (TPSA) is 47.3 Å². The minimum Gasteiger partial charge on any atom is -0.497 e. The summed E-state index contributed by atoms with van der Waals surface area (Å²) in [6, 6.07) is 8.21. The van der Waals surface area contributed by atoms with Gasteiger partial charge in [0.25, 0.3) is 0 Å². The highest BCUT2D eigenvalue weighted by Gasteiger charge is 2.33. The number of fused-ring (bicyclic) bond motifs is 1. The Morgan fingerprint density at radius 2 is 2.14 bits per heavy atom. The third-order valence-electron chi connectivity index (χ3n) is 4.40. The molecule has 0 radical (unpaired) electrons. The van der Waals surface area contributed by atoms with Gasteiger partial charge in [0.15, 0.2) is 0 Å². The molecule has 4 nitrogen and oxygen atoms in total. The largest absolute Gasteiger partial charge is 0.497 e. The fourth-order valence-corrected chi connectivity index (χ4v) is 3.27. The molecule has 0 bridgehead atoms. The Hall–Kier alpha value is -1.81. The summed E-state index contributed by atoms with van der Waals surface area (Å²) < 4.78 is 7.16. The number of hydrogen-bond acceptors (Lipinski definition) is 3. The molecule has 1 aromatic heterocycles. The molecule has 0 fully saturated rings. The van der Waals surface area contributed by atoms with Gasteiger partial charge in [-0.2, -0.15) is 5.10 Å². The highest BCUT2D eigenvalue weighted by atomic mass is 16.5. The minimum atomic E-state index is -0.695. The third-order valence-corrected chi connectivity index (χ3v) is 4.40. The zero-order valence-electron chi connectivity index (χ0n) is 12.9. The summed E-state index contributed by atoms with van der Waals surface area (Å²) in [6.07, 6.45) is 3.01. The third kappa shape index (κ3) is 2.81. The van der Waals surface area contributed by atoms with E-state index in [1.807, 2.05) is 30.8 Å². The van der Waals surface area contributed by atoms with Gasteiger partial charge >= 0.3 is 0 Å². The molecule has 112 valence electrons. The van der Waals surface area contributed by atoms with E-state index in [0.717, 1.165) is 30.0 Å². The summed E-state index contributed by atoms with van der Waals surface area (Å²) in [7, 11) is 3.61. The molecule has 1 N–H and O–H groups in total. The Balaban J connectivity index is 1.84. The fourth-order valence-electron chi connectivity index (χ4n) is 3.27. The van der Waals surface area contributed by atoms with E-state index in [1.165, 1.54) is 11.1 Å². The maximum atomic E-state index is 11.0. The van der Waals surface area contributed by atoms with Gasteiger partial charge in [0.05, 0.1) is 18.4 Å². The molecule has 4 heteroatoms. The van der Waals surface area contributed by atoms with Crippen molar-refractivity contribution in [3.05, 3.63) is 46.8 Å². The molecule has 0 spiro atoms. The standard InChI is InChI=1S/C17H22N2O2/c1-12-8-15(19(2)18-12)11-17(20)7-6-13-4-5-16(21-3)9-14(13)10-17/h4-5,8-9,20H,6-7,10-11H2,1-3H3. The molecular weight excluding hydrogens is 264 g/mol. The molecule has 0 aliphatic heterocycles. The lowest BCUT2D eigenvalue weighted by Gasteiger charge is -2.33. The van der Waals surface area contributed by atoms with Gasteiger partial charge in [-0.1, -0.05) is 6.07 Å². The van der Waals surface area contributed by atoms with Crippen LogP contribution >= 0.6 is 0 Å². The average Bonchev–Trinajstić information content (AvgIpc) is 2.75. The minimum absolute atomic E-state index is 0.640. The van der Waals surface area contributed by atoms with E-state index in [4.69, 9.17) is 4.74 Å². The van der Waals surface area contributed by atoms with E-state index in [-0.39, 0.29) is 0 Å². The predicted octanol–water partition coefficient (Wildman–Crippen LogP) is 2.20. The molecule has 1 heterocycles. The van der Waals surface area contributed by atoms with Gasteiger partial charge in [-0.3, -0.25) is 4.68 Å². The van der Waals surface area contributed by atoms with Crippen molar-refractivity contribution in [1.82, 2.24) is 9.78 Å². The molecule has 1 aliphatic carbocycles. The summed E-state index contributed by atoms with van der Waals surface area (Å²) in [5.41, 5.74) is 3.90. The first-order valence-corrected chi connectivity index (χ1v) is 7.37. The number of nitrogens with zero attached hydrogens (tertiary/aromatic N) is 2. The highest BCUT2D eigenvalue weighted by molar-refractivity contribution is 5.39. The lowest BCUT2D eigenvalue weighted by molar-refractivity contribution is 0.0249. The summed E-state index contributed by atoms with van der Waals surface area (Å²) in [5, 5.41) is 15.4. The van der Waals surface area contributed by atoms with Crippen LogP contribution in [0.1, 0.15) is 28.9 Å². The molecular formula is C17H22N2O2. The summed E-state index contributed by atoms with van der Waals surface area (Å²) >= 11 is 0. The van der Waals surface area contributed by atoms with Crippen LogP contribution in [0.15, 0.2) is 24.3 Å². The van der Waals surface area contributed by atoms with E-state index in [2.05, 4.69) is 17.2 Å². The Labute approximate surface area is 125 Å². The van der Waals surface area contributed by atoms with E-state index in [1.54, 1.807) is 7.11 Å². The van der Waals surface area contributed by atoms with Gasteiger partial charge in [0.2, 0.25) is 0 Å². The van der Waals surface area contributed by atoms with Crippen LogP contribution in [0.25, 0.3) is 0 Å². The van der Waals surface area contributed by atoms with Crippen LogP contribution in [0.5, 0.6) is 5.75 Å². The second kappa shape index (κ2) is 5.19. The van der Waals surface area contributed by atoms with Crippen molar-refractivity contribution in [2.45, 2.75) is 38.2 Å². The van der Waals surface area contributed by atoms with Gasteiger partial charge in [-0.25, -0.2) is 0 Å². The van der Waals surface area contributed by atoms with Crippen molar-refractivity contribution in [2.24, 2.45) is 7.05 Å². The van der Waals surface area contributed by atoms with E-state index >= 15 is 0 Å². The summed E-state index contributed by atoms with van der Waals surface area (Å²) in [5.74, 6) is 0.856. The van der Waals surface area contributed by atoms with E-state index < -0.39 is 5.60 Å². The molecule has 3 rings (SSSR count). The van der Waals surface area contributed by atoms with Crippen molar-refractivity contribution >= 4 is 0 Å². The molecule has 2 aromatic rings. The number of aryl methyl sites for hydroxylation is 3. The van der Waals surface area contributed by atoms with Gasteiger partial charge in [-0.15, -0.1) is 0 Å². The molecule has 1 aliphatic rings.